The van der Waals surface area contributed by atoms with Crippen LogP contribution in [-0.4, -0.2) is 8.80 Å². The van der Waals surface area contributed by atoms with E-state index in [2.05, 4.69) is 33.9 Å². The molecule has 0 aromatic carbocycles. The first-order valence-electron chi connectivity index (χ1n) is 4.85. The van der Waals surface area contributed by atoms with Crippen LogP contribution in [0.5, 0.6) is 0 Å². The third kappa shape index (κ3) is 6.61. The molecule has 0 heterocycles. The highest BCUT2D eigenvalue weighted by atomic mass is 28.3. The topological polar surface area (TPSA) is 0 Å². The number of rotatable bonds is 5. The fraction of sp³-hybridized carbons (Fsp3) is 1.00. The minimum atomic E-state index is 0.0131. The summed E-state index contributed by atoms with van der Waals surface area (Å²) in [6.07, 6.45) is 2.78. The third-order valence-corrected chi connectivity index (χ3v) is 3.77. The summed E-state index contributed by atoms with van der Waals surface area (Å²) in [5, 5.41) is 0. The Morgan fingerprint density at radius 1 is 1.09 bits per heavy atom. The van der Waals surface area contributed by atoms with Crippen LogP contribution in [-0.2, 0) is 0 Å². The van der Waals surface area contributed by atoms with Gasteiger partial charge in [0.15, 0.2) is 0 Å². The van der Waals surface area contributed by atoms with Crippen LogP contribution in [0.25, 0.3) is 0 Å². The molecule has 2 atom stereocenters. The predicted molar refractivity (Wildman–Crippen MR) is 55.5 cm³/mol. The van der Waals surface area contributed by atoms with Crippen molar-refractivity contribution in [2.75, 3.05) is 0 Å². The Morgan fingerprint density at radius 2 is 1.64 bits per heavy atom. The zero-order chi connectivity index (χ0) is 8.85. The van der Waals surface area contributed by atoms with E-state index in [9.17, 15) is 0 Å². The fourth-order valence-electron chi connectivity index (χ4n) is 1.63. The van der Waals surface area contributed by atoms with Gasteiger partial charge in [-0.15, -0.1) is 0 Å². The van der Waals surface area contributed by atoms with E-state index in [1.165, 1.54) is 18.9 Å². The van der Waals surface area contributed by atoms with Crippen molar-refractivity contribution in [3.05, 3.63) is 0 Å². The summed E-state index contributed by atoms with van der Waals surface area (Å²) in [6, 6.07) is 1.50. The summed E-state index contributed by atoms with van der Waals surface area (Å²) < 4.78 is 0. The van der Waals surface area contributed by atoms with E-state index in [4.69, 9.17) is 0 Å². The first-order chi connectivity index (χ1) is 5.06. The van der Waals surface area contributed by atoms with Crippen LogP contribution in [0.15, 0.2) is 0 Å². The highest BCUT2D eigenvalue weighted by molar-refractivity contribution is 6.55. The molecule has 0 rings (SSSR count). The molecule has 67 valence electrons. The van der Waals surface area contributed by atoms with Crippen LogP contribution in [0.4, 0.5) is 0 Å². The molecule has 0 fully saturated rings. The molecule has 0 aliphatic heterocycles. The largest absolute Gasteiger partial charge is 0.0713 e. The Labute approximate surface area is 74.0 Å². The van der Waals surface area contributed by atoms with Gasteiger partial charge in [-0.2, -0.15) is 0 Å². The van der Waals surface area contributed by atoms with Crippen molar-refractivity contribution < 1.29 is 0 Å². The first kappa shape index (κ1) is 11.2. The normalized spacial score (nSPS) is 16.9. The van der Waals surface area contributed by atoms with Gasteiger partial charge in [0, 0.05) is 8.80 Å². The standard InChI is InChI=1S/C10H23Si/c1-6-9(2)7-10(3)8-11(4)5/h9-10H,6-8H2,1-5H3. The van der Waals surface area contributed by atoms with E-state index in [0.717, 1.165) is 11.8 Å². The van der Waals surface area contributed by atoms with Crippen molar-refractivity contribution >= 4 is 8.80 Å². The van der Waals surface area contributed by atoms with Gasteiger partial charge in [0.1, 0.15) is 0 Å². The van der Waals surface area contributed by atoms with Crippen LogP contribution in [0, 0.1) is 11.8 Å². The van der Waals surface area contributed by atoms with Gasteiger partial charge in [0.25, 0.3) is 0 Å². The number of hydrogen-bond acceptors (Lipinski definition) is 0. The molecule has 0 N–H and O–H groups in total. The fourth-order valence-corrected chi connectivity index (χ4v) is 3.19. The smallest absolute Gasteiger partial charge is 0.0415 e. The Hall–Kier alpha value is 0.217. The zero-order valence-corrected chi connectivity index (χ0v) is 9.78. The van der Waals surface area contributed by atoms with E-state index in [1.54, 1.807) is 0 Å². The third-order valence-electron chi connectivity index (χ3n) is 2.26. The maximum atomic E-state index is 2.41. The molecule has 1 radical (unpaired) electrons. The van der Waals surface area contributed by atoms with Crippen LogP contribution < -0.4 is 0 Å². The summed E-state index contributed by atoms with van der Waals surface area (Å²) in [5.74, 6) is 1.90. The molecule has 0 aromatic heterocycles. The van der Waals surface area contributed by atoms with Gasteiger partial charge in [0.05, 0.1) is 0 Å². The lowest BCUT2D eigenvalue weighted by molar-refractivity contribution is 0.427. The first-order valence-corrected chi connectivity index (χ1v) is 7.56. The maximum absolute atomic E-state index is 2.41. The second kappa shape index (κ2) is 5.82. The Kier molecular flexibility index (Phi) is 5.93. The summed E-state index contributed by atoms with van der Waals surface area (Å²) in [7, 11) is 0.0131. The molecule has 0 amide bonds. The molecular weight excluding hydrogens is 148 g/mol. The van der Waals surface area contributed by atoms with Crippen molar-refractivity contribution in [1.29, 1.82) is 0 Å². The lowest BCUT2D eigenvalue weighted by Crippen LogP contribution is -2.09. The average molecular weight is 171 g/mol. The van der Waals surface area contributed by atoms with Gasteiger partial charge in [-0.25, -0.2) is 0 Å². The molecule has 11 heavy (non-hydrogen) atoms. The van der Waals surface area contributed by atoms with Crippen LogP contribution in [0.3, 0.4) is 0 Å². The maximum Gasteiger partial charge on any atom is 0.0415 e. The second-order valence-electron chi connectivity index (χ2n) is 4.27. The van der Waals surface area contributed by atoms with Gasteiger partial charge >= 0.3 is 0 Å². The molecule has 0 saturated heterocycles. The number of hydrogen-bond donors (Lipinski definition) is 0. The second-order valence-corrected chi connectivity index (χ2v) is 7.09. The SMILES string of the molecule is CCC(C)CC(C)C[Si](C)C. The molecule has 0 aliphatic carbocycles. The lowest BCUT2D eigenvalue weighted by Gasteiger charge is -2.16. The van der Waals surface area contributed by atoms with Crippen molar-refractivity contribution in [3.63, 3.8) is 0 Å². The van der Waals surface area contributed by atoms with Crippen LogP contribution in [0.2, 0.25) is 19.1 Å². The molecule has 0 spiro atoms. The lowest BCUT2D eigenvalue weighted by atomic mass is 9.97. The van der Waals surface area contributed by atoms with E-state index in [-0.39, 0.29) is 8.80 Å². The van der Waals surface area contributed by atoms with Gasteiger partial charge in [-0.1, -0.05) is 46.3 Å². The molecule has 0 aromatic rings. The van der Waals surface area contributed by atoms with Gasteiger partial charge < -0.3 is 0 Å². The summed E-state index contributed by atoms with van der Waals surface area (Å²) in [4.78, 5) is 0. The minimum Gasteiger partial charge on any atom is -0.0713 e. The average Bonchev–Trinajstić information content (AvgIpc) is 1.85. The van der Waals surface area contributed by atoms with E-state index in [1.807, 2.05) is 0 Å². The zero-order valence-electron chi connectivity index (χ0n) is 8.78. The Balaban J connectivity index is 3.43. The highest BCUT2D eigenvalue weighted by Gasteiger charge is 2.09. The van der Waals surface area contributed by atoms with E-state index >= 15 is 0 Å². The van der Waals surface area contributed by atoms with E-state index in [0.29, 0.717) is 0 Å². The molecular formula is C10H23Si. The Morgan fingerprint density at radius 3 is 2.00 bits per heavy atom. The molecule has 2 unspecified atom stereocenters. The summed E-state index contributed by atoms with van der Waals surface area (Å²) in [5.41, 5.74) is 0. The molecule has 0 bridgehead atoms. The van der Waals surface area contributed by atoms with Gasteiger partial charge in [-0.3, -0.25) is 0 Å². The summed E-state index contributed by atoms with van der Waals surface area (Å²) >= 11 is 0. The van der Waals surface area contributed by atoms with Crippen LogP contribution >= 0.6 is 0 Å². The monoisotopic (exact) mass is 171 g/mol. The van der Waals surface area contributed by atoms with Crippen molar-refractivity contribution in [3.8, 4) is 0 Å². The summed E-state index contributed by atoms with van der Waals surface area (Å²) in [6.45, 7) is 11.9. The molecule has 0 nitrogen and oxygen atoms in total. The Bertz CT molecular complexity index is 88.9. The van der Waals surface area contributed by atoms with Crippen molar-refractivity contribution in [1.82, 2.24) is 0 Å². The predicted octanol–water partition coefficient (Wildman–Crippen LogP) is 3.81. The van der Waals surface area contributed by atoms with E-state index < -0.39 is 0 Å². The minimum absolute atomic E-state index is 0.0131. The van der Waals surface area contributed by atoms with Crippen molar-refractivity contribution in [2.24, 2.45) is 11.8 Å². The molecule has 0 aliphatic rings. The quantitative estimate of drug-likeness (QED) is 0.552. The van der Waals surface area contributed by atoms with Crippen LogP contribution in [0.1, 0.15) is 33.6 Å². The molecule has 0 saturated carbocycles. The molecule has 1 heteroatoms. The van der Waals surface area contributed by atoms with Crippen molar-refractivity contribution in [2.45, 2.75) is 52.8 Å². The van der Waals surface area contributed by atoms with Gasteiger partial charge in [0.2, 0.25) is 0 Å². The van der Waals surface area contributed by atoms with Gasteiger partial charge in [-0.05, 0) is 18.3 Å². The highest BCUT2D eigenvalue weighted by Crippen LogP contribution is 2.19.